The van der Waals surface area contributed by atoms with Crippen LogP contribution in [0.15, 0.2) is 18.7 Å². The monoisotopic (exact) mass is 209 g/mol. The van der Waals surface area contributed by atoms with E-state index in [0.717, 1.165) is 12.5 Å². The van der Waals surface area contributed by atoms with Gasteiger partial charge in [-0.2, -0.15) is 0 Å². The molecule has 1 N–H and O–H groups in total. The molecule has 0 bridgehead atoms. The van der Waals surface area contributed by atoms with Crippen LogP contribution in [0.4, 0.5) is 0 Å². The molecule has 0 saturated heterocycles. The van der Waals surface area contributed by atoms with Gasteiger partial charge in [-0.15, -0.1) is 0 Å². The second-order valence-corrected chi connectivity index (χ2v) is 4.86. The van der Waals surface area contributed by atoms with Gasteiger partial charge in [0.1, 0.15) is 0 Å². The minimum Gasteiger partial charge on any atom is -0.336 e. The first kappa shape index (κ1) is 12.2. The fraction of sp³-hybridized carbons (Fsp3) is 0.750. The van der Waals surface area contributed by atoms with E-state index in [9.17, 15) is 0 Å². The van der Waals surface area contributed by atoms with E-state index in [1.54, 1.807) is 0 Å². The van der Waals surface area contributed by atoms with E-state index in [4.69, 9.17) is 0 Å². The average molecular weight is 209 g/mol. The molecule has 2 atom stereocenters. The zero-order chi connectivity index (χ0) is 11.3. The summed E-state index contributed by atoms with van der Waals surface area (Å²) in [5.74, 6) is 0.757. The second-order valence-electron chi connectivity index (χ2n) is 4.86. The maximum absolute atomic E-state index is 4.04. The van der Waals surface area contributed by atoms with Crippen LogP contribution in [0.2, 0.25) is 0 Å². The lowest BCUT2D eigenvalue weighted by Gasteiger charge is -2.21. The Morgan fingerprint density at radius 2 is 1.93 bits per heavy atom. The summed E-state index contributed by atoms with van der Waals surface area (Å²) in [5, 5.41) is 3.60. The SMILES string of the molecule is CC(C)CC(C)NC(C)Cn1ccnc1. The molecule has 3 heteroatoms. The van der Waals surface area contributed by atoms with Crippen molar-refractivity contribution < 1.29 is 0 Å². The molecule has 0 aliphatic rings. The Morgan fingerprint density at radius 3 is 2.47 bits per heavy atom. The third-order valence-corrected chi connectivity index (χ3v) is 2.44. The Hall–Kier alpha value is -0.830. The highest BCUT2D eigenvalue weighted by Crippen LogP contribution is 2.05. The van der Waals surface area contributed by atoms with Crippen molar-refractivity contribution >= 4 is 0 Å². The third kappa shape index (κ3) is 4.98. The van der Waals surface area contributed by atoms with Gasteiger partial charge in [0.25, 0.3) is 0 Å². The minimum atomic E-state index is 0.493. The van der Waals surface area contributed by atoms with E-state index >= 15 is 0 Å². The molecule has 1 heterocycles. The molecule has 0 radical (unpaired) electrons. The van der Waals surface area contributed by atoms with Crippen LogP contribution < -0.4 is 5.32 Å². The molecule has 0 aliphatic heterocycles. The van der Waals surface area contributed by atoms with Crippen molar-refractivity contribution in [3.63, 3.8) is 0 Å². The molecule has 0 saturated carbocycles. The van der Waals surface area contributed by atoms with E-state index < -0.39 is 0 Å². The Labute approximate surface area is 92.9 Å². The smallest absolute Gasteiger partial charge is 0.0946 e. The number of imidazole rings is 1. The van der Waals surface area contributed by atoms with E-state index in [0.29, 0.717) is 12.1 Å². The van der Waals surface area contributed by atoms with Gasteiger partial charge < -0.3 is 9.88 Å². The second kappa shape index (κ2) is 5.91. The molecule has 0 amide bonds. The molecule has 2 unspecified atom stereocenters. The Morgan fingerprint density at radius 1 is 1.20 bits per heavy atom. The van der Waals surface area contributed by atoms with Crippen LogP contribution in [0, 0.1) is 5.92 Å². The molecule has 1 rings (SSSR count). The summed E-state index contributed by atoms with van der Waals surface area (Å²) in [6, 6.07) is 1.08. The lowest BCUT2D eigenvalue weighted by Crippen LogP contribution is -2.37. The van der Waals surface area contributed by atoms with Crippen molar-refractivity contribution in [2.24, 2.45) is 5.92 Å². The highest BCUT2D eigenvalue weighted by Gasteiger charge is 2.08. The topological polar surface area (TPSA) is 29.9 Å². The molecule has 15 heavy (non-hydrogen) atoms. The van der Waals surface area contributed by atoms with Crippen molar-refractivity contribution in [3.05, 3.63) is 18.7 Å². The molecule has 1 aromatic rings. The molecule has 0 fully saturated rings. The average Bonchev–Trinajstić information content (AvgIpc) is 2.53. The van der Waals surface area contributed by atoms with E-state index in [1.807, 2.05) is 18.7 Å². The molecule has 3 nitrogen and oxygen atoms in total. The summed E-state index contributed by atoms with van der Waals surface area (Å²) < 4.78 is 2.11. The Balaban J connectivity index is 2.26. The number of nitrogens with zero attached hydrogens (tertiary/aromatic N) is 2. The quantitative estimate of drug-likeness (QED) is 0.779. The van der Waals surface area contributed by atoms with Crippen LogP contribution >= 0.6 is 0 Å². The van der Waals surface area contributed by atoms with E-state index in [-0.39, 0.29) is 0 Å². The lowest BCUT2D eigenvalue weighted by atomic mass is 10.0. The summed E-state index contributed by atoms with van der Waals surface area (Å²) in [4.78, 5) is 4.04. The summed E-state index contributed by atoms with van der Waals surface area (Å²) in [7, 11) is 0. The van der Waals surface area contributed by atoms with Crippen LogP contribution in [-0.2, 0) is 6.54 Å². The zero-order valence-electron chi connectivity index (χ0n) is 10.3. The summed E-state index contributed by atoms with van der Waals surface area (Å²) in [6.45, 7) is 9.99. The van der Waals surface area contributed by atoms with Gasteiger partial charge in [0.15, 0.2) is 0 Å². The van der Waals surface area contributed by atoms with Crippen molar-refractivity contribution in [1.29, 1.82) is 0 Å². The highest BCUT2D eigenvalue weighted by atomic mass is 15.1. The van der Waals surface area contributed by atoms with Crippen molar-refractivity contribution in [2.75, 3.05) is 0 Å². The number of nitrogens with one attached hydrogen (secondary N) is 1. The molecule has 86 valence electrons. The minimum absolute atomic E-state index is 0.493. The van der Waals surface area contributed by atoms with Crippen molar-refractivity contribution in [1.82, 2.24) is 14.9 Å². The molecular formula is C12H23N3. The van der Waals surface area contributed by atoms with Crippen molar-refractivity contribution in [2.45, 2.75) is 52.7 Å². The predicted molar refractivity (Wildman–Crippen MR) is 63.7 cm³/mol. The Bertz CT molecular complexity index is 254. The molecule has 0 aliphatic carbocycles. The van der Waals surface area contributed by atoms with Gasteiger partial charge in [-0.25, -0.2) is 4.98 Å². The van der Waals surface area contributed by atoms with E-state index in [2.05, 4.69) is 42.6 Å². The fourth-order valence-electron chi connectivity index (χ4n) is 2.02. The van der Waals surface area contributed by atoms with Crippen LogP contribution in [-0.4, -0.2) is 21.6 Å². The van der Waals surface area contributed by atoms with Crippen molar-refractivity contribution in [3.8, 4) is 0 Å². The van der Waals surface area contributed by atoms with Gasteiger partial charge in [-0.05, 0) is 26.2 Å². The normalized spacial score (nSPS) is 15.5. The molecular weight excluding hydrogens is 186 g/mol. The maximum atomic E-state index is 4.04. The summed E-state index contributed by atoms with van der Waals surface area (Å²) >= 11 is 0. The van der Waals surface area contributed by atoms with E-state index in [1.165, 1.54) is 6.42 Å². The number of aromatic nitrogens is 2. The predicted octanol–water partition coefficient (Wildman–Crippen LogP) is 2.30. The third-order valence-electron chi connectivity index (χ3n) is 2.44. The molecule has 0 spiro atoms. The largest absolute Gasteiger partial charge is 0.336 e. The number of hydrogen-bond acceptors (Lipinski definition) is 2. The number of hydrogen-bond donors (Lipinski definition) is 1. The summed E-state index contributed by atoms with van der Waals surface area (Å²) in [6.07, 6.45) is 6.93. The first-order valence-electron chi connectivity index (χ1n) is 5.79. The lowest BCUT2D eigenvalue weighted by molar-refractivity contribution is 0.377. The fourth-order valence-corrected chi connectivity index (χ4v) is 2.02. The first-order valence-corrected chi connectivity index (χ1v) is 5.79. The van der Waals surface area contributed by atoms with Crippen LogP contribution in [0.1, 0.15) is 34.1 Å². The van der Waals surface area contributed by atoms with Crippen LogP contribution in [0.5, 0.6) is 0 Å². The first-order chi connectivity index (χ1) is 7.08. The zero-order valence-corrected chi connectivity index (χ0v) is 10.3. The standard InChI is InChI=1S/C12H23N3/c1-10(2)7-11(3)14-12(4)8-15-6-5-13-9-15/h5-6,9-12,14H,7-8H2,1-4H3. The van der Waals surface area contributed by atoms with Gasteiger partial charge in [0.2, 0.25) is 0 Å². The van der Waals surface area contributed by atoms with Gasteiger partial charge in [0, 0.05) is 31.0 Å². The highest BCUT2D eigenvalue weighted by molar-refractivity contribution is 4.77. The molecule has 1 aromatic heterocycles. The number of rotatable bonds is 6. The Kier molecular flexibility index (Phi) is 4.82. The molecule has 0 aromatic carbocycles. The van der Waals surface area contributed by atoms with Gasteiger partial charge >= 0.3 is 0 Å². The summed E-state index contributed by atoms with van der Waals surface area (Å²) in [5.41, 5.74) is 0. The van der Waals surface area contributed by atoms with Gasteiger partial charge in [-0.1, -0.05) is 13.8 Å². The van der Waals surface area contributed by atoms with Crippen LogP contribution in [0.25, 0.3) is 0 Å². The maximum Gasteiger partial charge on any atom is 0.0946 e. The van der Waals surface area contributed by atoms with Gasteiger partial charge in [-0.3, -0.25) is 0 Å². The van der Waals surface area contributed by atoms with Gasteiger partial charge in [0.05, 0.1) is 6.33 Å². The van der Waals surface area contributed by atoms with Crippen LogP contribution in [0.3, 0.4) is 0 Å².